The largest absolute Gasteiger partial charge is 0.353 e. The molecule has 0 radical (unpaired) electrons. The first kappa shape index (κ1) is 11.7. The summed E-state index contributed by atoms with van der Waals surface area (Å²) in [6, 6.07) is 2.21. The van der Waals surface area contributed by atoms with E-state index in [4.69, 9.17) is 0 Å². The Morgan fingerprint density at radius 2 is 1.62 bits per heavy atom. The van der Waals surface area contributed by atoms with Crippen molar-refractivity contribution in [1.82, 2.24) is 4.98 Å². The summed E-state index contributed by atoms with van der Waals surface area (Å²) >= 11 is 1.91. The van der Waals surface area contributed by atoms with Gasteiger partial charge >= 0.3 is 0 Å². The van der Waals surface area contributed by atoms with Crippen molar-refractivity contribution >= 4 is 21.6 Å². The fourth-order valence-electron chi connectivity index (χ4n) is 2.18. The molecule has 0 aliphatic rings. The van der Waals surface area contributed by atoms with Gasteiger partial charge in [-0.15, -0.1) is 11.3 Å². The normalized spacial score (nSPS) is 13.6. The second kappa shape index (κ2) is 3.36. The van der Waals surface area contributed by atoms with E-state index in [0.29, 0.717) is 0 Å². The lowest BCUT2D eigenvalue weighted by atomic mass is 9.79. The van der Waals surface area contributed by atoms with Gasteiger partial charge in [0.15, 0.2) is 0 Å². The number of hydrogen-bond acceptors (Lipinski definition) is 1. The van der Waals surface area contributed by atoms with Crippen molar-refractivity contribution in [2.75, 3.05) is 0 Å². The van der Waals surface area contributed by atoms with Crippen LogP contribution in [0.5, 0.6) is 0 Å². The number of H-pyrrole nitrogens is 1. The van der Waals surface area contributed by atoms with E-state index in [0.717, 1.165) is 0 Å². The van der Waals surface area contributed by atoms with Gasteiger partial charge in [0, 0.05) is 16.5 Å². The lowest BCUT2D eigenvalue weighted by Crippen LogP contribution is -2.19. The van der Waals surface area contributed by atoms with Crippen molar-refractivity contribution in [2.24, 2.45) is 0 Å². The van der Waals surface area contributed by atoms with Crippen molar-refractivity contribution in [3.63, 3.8) is 0 Å². The summed E-state index contributed by atoms with van der Waals surface area (Å²) in [4.78, 5) is 6.17. The molecule has 2 heterocycles. The Kier molecular flexibility index (Phi) is 2.46. The number of fused-ring (bicyclic) bond motifs is 1. The predicted octanol–water partition coefficient (Wildman–Crippen LogP) is 4.82. The first-order chi connectivity index (χ1) is 7.21. The molecule has 0 unspecified atom stereocenters. The van der Waals surface area contributed by atoms with Crippen molar-refractivity contribution in [3.8, 4) is 0 Å². The van der Waals surface area contributed by atoms with Gasteiger partial charge in [0.25, 0.3) is 0 Å². The molecular weight excluding hydrogens is 214 g/mol. The Morgan fingerprint density at radius 1 is 1.00 bits per heavy atom. The summed E-state index contributed by atoms with van der Waals surface area (Å²) in [6.07, 6.45) is 2.04. The van der Waals surface area contributed by atoms with Gasteiger partial charge in [-0.3, -0.25) is 0 Å². The lowest BCUT2D eigenvalue weighted by molar-refractivity contribution is 0.545. The van der Waals surface area contributed by atoms with Gasteiger partial charge in [-0.2, -0.15) is 0 Å². The molecule has 0 atom stereocenters. The van der Waals surface area contributed by atoms with E-state index in [1.54, 1.807) is 0 Å². The van der Waals surface area contributed by atoms with Gasteiger partial charge in [-0.05, 0) is 22.5 Å². The molecule has 0 amide bonds. The quantitative estimate of drug-likeness (QED) is 0.673. The monoisotopic (exact) mass is 235 g/mol. The second-order valence-electron chi connectivity index (χ2n) is 6.53. The van der Waals surface area contributed by atoms with Gasteiger partial charge in [0.05, 0.1) is 0 Å². The molecule has 2 rings (SSSR count). The zero-order chi connectivity index (χ0) is 12.1. The molecule has 0 aliphatic carbocycles. The molecule has 1 N–H and O–H groups in total. The fourth-order valence-corrected chi connectivity index (χ4v) is 3.62. The molecule has 0 saturated carbocycles. The first-order valence-electron chi connectivity index (χ1n) is 5.82. The standard InChI is InChI=1S/C14H21NS/c1-13(2,3)10-9-7-8-15-12(9)16-11(10)14(4,5)6/h7-8,15H,1-6H3. The molecule has 2 aromatic rings. The highest BCUT2D eigenvalue weighted by atomic mass is 32.1. The maximum atomic E-state index is 3.34. The average molecular weight is 235 g/mol. The van der Waals surface area contributed by atoms with Gasteiger partial charge in [0.1, 0.15) is 4.83 Å². The van der Waals surface area contributed by atoms with Gasteiger partial charge in [-0.25, -0.2) is 0 Å². The summed E-state index contributed by atoms with van der Waals surface area (Å²) < 4.78 is 0. The Morgan fingerprint density at radius 3 is 2.12 bits per heavy atom. The molecule has 0 spiro atoms. The van der Waals surface area contributed by atoms with Crippen molar-refractivity contribution < 1.29 is 0 Å². The molecule has 0 bridgehead atoms. The summed E-state index contributed by atoms with van der Waals surface area (Å²) in [7, 11) is 0. The second-order valence-corrected chi connectivity index (χ2v) is 7.55. The summed E-state index contributed by atoms with van der Waals surface area (Å²) in [6.45, 7) is 13.8. The van der Waals surface area contributed by atoms with Crippen LogP contribution in [0.15, 0.2) is 12.3 Å². The van der Waals surface area contributed by atoms with E-state index < -0.39 is 0 Å². The average Bonchev–Trinajstić information content (AvgIpc) is 2.53. The zero-order valence-corrected chi connectivity index (χ0v) is 11.9. The van der Waals surface area contributed by atoms with E-state index in [1.807, 2.05) is 17.5 Å². The molecule has 1 nitrogen and oxygen atoms in total. The van der Waals surface area contributed by atoms with Crippen molar-refractivity contribution in [1.29, 1.82) is 0 Å². The maximum Gasteiger partial charge on any atom is 0.100 e. The number of rotatable bonds is 0. The highest BCUT2D eigenvalue weighted by Gasteiger charge is 2.29. The molecule has 0 saturated heterocycles. The highest BCUT2D eigenvalue weighted by molar-refractivity contribution is 7.19. The van der Waals surface area contributed by atoms with Gasteiger partial charge in [0.2, 0.25) is 0 Å². The van der Waals surface area contributed by atoms with Crippen LogP contribution < -0.4 is 0 Å². The van der Waals surface area contributed by atoms with E-state index in [-0.39, 0.29) is 10.8 Å². The number of aromatic amines is 1. The van der Waals surface area contributed by atoms with Gasteiger partial charge in [-0.1, -0.05) is 41.5 Å². The maximum absolute atomic E-state index is 3.34. The third-order valence-corrected chi connectivity index (χ3v) is 4.40. The Bertz CT molecular complexity index is 503. The van der Waals surface area contributed by atoms with Crippen LogP contribution in [0.4, 0.5) is 0 Å². The Balaban J connectivity index is 2.79. The zero-order valence-electron chi connectivity index (χ0n) is 11.1. The third kappa shape index (κ3) is 1.80. The van der Waals surface area contributed by atoms with Crippen LogP contribution in [0.3, 0.4) is 0 Å². The van der Waals surface area contributed by atoms with Crippen LogP contribution in [0.1, 0.15) is 52.0 Å². The van der Waals surface area contributed by atoms with E-state index in [9.17, 15) is 0 Å². The fraction of sp³-hybridized carbons (Fsp3) is 0.571. The molecule has 16 heavy (non-hydrogen) atoms. The van der Waals surface area contributed by atoms with E-state index in [1.165, 1.54) is 20.7 Å². The van der Waals surface area contributed by atoms with Crippen molar-refractivity contribution in [2.45, 2.75) is 52.4 Å². The lowest BCUT2D eigenvalue weighted by Gasteiger charge is -2.26. The molecular formula is C14H21NS. The van der Waals surface area contributed by atoms with E-state index in [2.05, 4.69) is 52.6 Å². The minimum Gasteiger partial charge on any atom is -0.353 e. The minimum atomic E-state index is 0.211. The number of nitrogens with one attached hydrogen (secondary N) is 1. The number of aromatic nitrogens is 1. The minimum absolute atomic E-state index is 0.211. The highest BCUT2D eigenvalue weighted by Crippen LogP contribution is 2.43. The summed E-state index contributed by atoms with van der Waals surface area (Å²) in [5.74, 6) is 0. The summed E-state index contributed by atoms with van der Waals surface area (Å²) in [5.41, 5.74) is 1.96. The van der Waals surface area contributed by atoms with Gasteiger partial charge < -0.3 is 4.98 Å². The number of hydrogen-bond donors (Lipinski definition) is 1. The smallest absolute Gasteiger partial charge is 0.100 e. The van der Waals surface area contributed by atoms with Crippen LogP contribution in [0.25, 0.3) is 10.2 Å². The molecule has 2 aromatic heterocycles. The molecule has 88 valence electrons. The topological polar surface area (TPSA) is 15.8 Å². The molecule has 0 aromatic carbocycles. The number of thiophene rings is 1. The summed E-state index contributed by atoms with van der Waals surface area (Å²) in [5, 5.41) is 1.41. The Hall–Kier alpha value is -0.760. The van der Waals surface area contributed by atoms with Crippen LogP contribution in [-0.4, -0.2) is 4.98 Å². The molecule has 0 aliphatic heterocycles. The van der Waals surface area contributed by atoms with Crippen molar-refractivity contribution in [3.05, 3.63) is 22.7 Å². The van der Waals surface area contributed by atoms with Crippen LogP contribution in [-0.2, 0) is 10.8 Å². The van der Waals surface area contributed by atoms with E-state index >= 15 is 0 Å². The molecule has 0 fully saturated rings. The first-order valence-corrected chi connectivity index (χ1v) is 6.64. The SMILES string of the molecule is CC(C)(C)c1sc2[nH]ccc2c1C(C)(C)C. The Labute approximate surface area is 102 Å². The predicted molar refractivity (Wildman–Crippen MR) is 73.6 cm³/mol. The molecule has 2 heteroatoms. The third-order valence-electron chi connectivity index (χ3n) is 2.84. The van der Waals surface area contributed by atoms with Crippen LogP contribution in [0.2, 0.25) is 0 Å². The van der Waals surface area contributed by atoms with Crippen LogP contribution in [0, 0.1) is 0 Å². The van der Waals surface area contributed by atoms with Crippen LogP contribution >= 0.6 is 11.3 Å².